The maximum atomic E-state index is 14.3. The van der Waals surface area contributed by atoms with Crippen LogP contribution in [0.5, 0.6) is 5.75 Å². The third-order valence-corrected chi connectivity index (χ3v) is 7.78. The van der Waals surface area contributed by atoms with Gasteiger partial charge < -0.3 is 9.84 Å². The summed E-state index contributed by atoms with van der Waals surface area (Å²) in [4.78, 5) is 11.6. The molecule has 0 saturated heterocycles. The zero-order valence-corrected chi connectivity index (χ0v) is 20.7. The van der Waals surface area contributed by atoms with Crippen molar-refractivity contribution in [3.8, 4) is 16.9 Å². The Morgan fingerprint density at radius 3 is 2.40 bits per heavy atom. The standard InChI is InChI=1S/C28H29NO5S/c1-3-9-21-12-8-13-24(20-10-6-5-7-11-20)28(21)35(32,33)29-19-22(14-17-27(30)31)25-18-23(34-4-2)15-16-26(25)29/h5-8,10-13,15-16,18-19H,3-4,9,14,17H2,1-2H3,(H,30,31). The molecule has 1 N–H and O–H groups in total. The molecule has 0 saturated carbocycles. The summed E-state index contributed by atoms with van der Waals surface area (Å²) in [6.45, 7) is 4.37. The average Bonchev–Trinajstić information content (AvgIpc) is 3.22. The summed E-state index contributed by atoms with van der Waals surface area (Å²) in [7, 11) is -4.01. The second-order valence-electron chi connectivity index (χ2n) is 8.37. The molecule has 182 valence electrons. The van der Waals surface area contributed by atoms with Crippen molar-refractivity contribution in [2.45, 2.75) is 44.4 Å². The van der Waals surface area contributed by atoms with Gasteiger partial charge in [0.2, 0.25) is 0 Å². The molecule has 7 heteroatoms. The lowest BCUT2D eigenvalue weighted by Crippen LogP contribution is -2.15. The lowest BCUT2D eigenvalue weighted by molar-refractivity contribution is -0.136. The van der Waals surface area contributed by atoms with Gasteiger partial charge in [0.1, 0.15) is 5.75 Å². The van der Waals surface area contributed by atoms with Crippen LogP contribution in [0.25, 0.3) is 22.0 Å². The molecule has 0 unspecified atom stereocenters. The average molecular weight is 492 g/mol. The Bertz CT molecular complexity index is 1460. The van der Waals surface area contributed by atoms with E-state index in [2.05, 4.69) is 0 Å². The zero-order chi connectivity index (χ0) is 25.0. The van der Waals surface area contributed by atoms with E-state index in [1.165, 1.54) is 3.97 Å². The molecule has 0 atom stereocenters. The molecule has 0 fully saturated rings. The van der Waals surface area contributed by atoms with Crippen molar-refractivity contribution >= 4 is 26.9 Å². The molecule has 1 heterocycles. The van der Waals surface area contributed by atoms with Gasteiger partial charge in [-0.3, -0.25) is 4.79 Å². The van der Waals surface area contributed by atoms with Crippen LogP contribution in [0.2, 0.25) is 0 Å². The number of benzene rings is 3. The number of nitrogens with zero attached hydrogens (tertiary/aromatic N) is 1. The van der Waals surface area contributed by atoms with Crippen LogP contribution in [0.15, 0.2) is 77.8 Å². The van der Waals surface area contributed by atoms with Gasteiger partial charge in [-0.15, -0.1) is 0 Å². The molecule has 0 radical (unpaired) electrons. The van der Waals surface area contributed by atoms with Gasteiger partial charge in [0, 0.05) is 23.6 Å². The van der Waals surface area contributed by atoms with Crippen molar-refractivity contribution < 1.29 is 23.1 Å². The van der Waals surface area contributed by atoms with E-state index in [4.69, 9.17) is 4.74 Å². The first kappa shape index (κ1) is 24.5. The number of aryl methyl sites for hydroxylation is 2. The second-order valence-corrected chi connectivity index (χ2v) is 10.1. The van der Waals surface area contributed by atoms with Gasteiger partial charge >= 0.3 is 5.97 Å². The first-order valence-corrected chi connectivity index (χ1v) is 13.2. The topological polar surface area (TPSA) is 85.6 Å². The van der Waals surface area contributed by atoms with Gasteiger partial charge in [0.25, 0.3) is 10.0 Å². The zero-order valence-electron chi connectivity index (χ0n) is 19.9. The van der Waals surface area contributed by atoms with E-state index in [0.29, 0.717) is 40.8 Å². The minimum Gasteiger partial charge on any atom is -0.494 e. The summed E-state index contributed by atoms with van der Waals surface area (Å²) in [6, 6.07) is 20.4. The Hall–Kier alpha value is -3.58. The van der Waals surface area contributed by atoms with E-state index < -0.39 is 16.0 Å². The lowest BCUT2D eigenvalue weighted by atomic mass is 10.0. The van der Waals surface area contributed by atoms with E-state index in [1.54, 1.807) is 24.4 Å². The molecule has 0 bridgehead atoms. The van der Waals surface area contributed by atoms with E-state index in [-0.39, 0.29) is 17.7 Å². The molecular formula is C28H29NO5S. The third kappa shape index (κ3) is 4.95. The Labute approximate surface area is 205 Å². The van der Waals surface area contributed by atoms with Crippen LogP contribution in [0.3, 0.4) is 0 Å². The van der Waals surface area contributed by atoms with Gasteiger partial charge in [-0.1, -0.05) is 61.9 Å². The number of carboxylic acids is 1. The maximum Gasteiger partial charge on any atom is 0.303 e. The van der Waals surface area contributed by atoms with E-state index >= 15 is 0 Å². The van der Waals surface area contributed by atoms with Crippen molar-refractivity contribution in [2.75, 3.05) is 6.61 Å². The molecule has 0 amide bonds. The normalized spacial score (nSPS) is 11.6. The lowest BCUT2D eigenvalue weighted by Gasteiger charge is -2.17. The van der Waals surface area contributed by atoms with Crippen LogP contribution in [0.1, 0.15) is 37.8 Å². The highest BCUT2D eigenvalue weighted by atomic mass is 32.2. The van der Waals surface area contributed by atoms with E-state index in [0.717, 1.165) is 17.5 Å². The molecule has 4 rings (SSSR count). The highest BCUT2D eigenvalue weighted by Gasteiger charge is 2.27. The number of aromatic nitrogens is 1. The van der Waals surface area contributed by atoms with Crippen LogP contribution < -0.4 is 4.74 Å². The second kappa shape index (κ2) is 10.4. The first-order valence-electron chi connectivity index (χ1n) is 11.8. The third-order valence-electron chi connectivity index (χ3n) is 5.96. The van der Waals surface area contributed by atoms with E-state index in [1.807, 2.05) is 62.4 Å². The number of carbonyl (C=O) groups is 1. The van der Waals surface area contributed by atoms with Crippen molar-refractivity contribution in [3.63, 3.8) is 0 Å². The van der Waals surface area contributed by atoms with Gasteiger partial charge in [-0.05, 0) is 54.7 Å². The largest absolute Gasteiger partial charge is 0.494 e. The summed E-state index contributed by atoms with van der Waals surface area (Å²) in [5.41, 5.74) is 3.39. The maximum absolute atomic E-state index is 14.3. The number of fused-ring (bicyclic) bond motifs is 1. The quantitative estimate of drug-likeness (QED) is 0.298. The molecule has 0 aliphatic heterocycles. The predicted octanol–water partition coefficient (Wildman–Crippen LogP) is 5.91. The number of rotatable bonds is 10. The molecular weight excluding hydrogens is 462 g/mol. The SMILES string of the molecule is CCCc1cccc(-c2ccccc2)c1S(=O)(=O)n1cc(CCC(=O)O)c2cc(OCC)ccc21. The monoisotopic (exact) mass is 491 g/mol. The molecule has 3 aromatic carbocycles. The summed E-state index contributed by atoms with van der Waals surface area (Å²) in [5.74, 6) is -0.322. The van der Waals surface area contributed by atoms with Crippen LogP contribution in [0, 0.1) is 0 Å². The van der Waals surface area contributed by atoms with E-state index in [9.17, 15) is 18.3 Å². The number of aliphatic carboxylic acids is 1. The first-order chi connectivity index (χ1) is 16.9. The summed E-state index contributed by atoms with van der Waals surface area (Å²) < 4.78 is 35.6. The van der Waals surface area contributed by atoms with Gasteiger partial charge in [-0.25, -0.2) is 12.4 Å². The summed E-state index contributed by atoms with van der Waals surface area (Å²) in [6.07, 6.45) is 3.10. The smallest absolute Gasteiger partial charge is 0.303 e. The molecule has 0 aliphatic rings. The Balaban J connectivity index is 1.97. The molecule has 4 aromatic rings. The predicted molar refractivity (Wildman–Crippen MR) is 138 cm³/mol. The Morgan fingerprint density at radius 2 is 1.71 bits per heavy atom. The molecule has 0 spiro atoms. The van der Waals surface area contributed by atoms with Crippen molar-refractivity contribution in [3.05, 3.63) is 84.1 Å². The number of hydrogen-bond acceptors (Lipinski definition) is 4. The number of carboxylic acid groups (broad SMARTS) is 1. The number of ether oxygens (including phenoxy) is 1. The molecule has 6 nitrogen and oxygen atoms in total. The van der Waals surface area contributed by atoms with Crippen LogP contribution in [-0.2, 0) is 27.7 Å². The van der Waals surface area contributed by atoms with Crippen molar-refractivity contribution in [1.82, 2.24) is 3.97 Å². The fourth-order valence-corrected chi connectivity index (χ4v) is 6.29. The Kier molecular flexibility index (Phi) is 7.26. The summed E-state index contributed by atoms with van der Waals surface area (Å²) in [5, 5.41) is 9.91. The Morgan fingerprint density at radius 1 is 0.943 bits per heavy atom. The fourth-order valence-electron chi connectivity index (χ4n) is 4.44. The highest BCUT2D eigenvalue weighted by Crippen LogP contribution is 2.36. The molecule has 0 aliphatic carbocycles. The minimum absolute atomic E-state index is 0.0975. The van der Waals surface area contributed by atoms with Crippen LogP contribution >= 0.6 is 0 Å². The van der Waals surface area contributed by atoms with Crippen LogP contribution in [-0.4, -0.2) is 30.1 Å². The highest BCUT2D eigenvalue weighted by molar-refractivity contribution is 7.90. The van der Waals surface area contributed by atoms with Gasteiger partial charge in [0.15, 0.2) is 0 Å². The van der Waals surface area contributed by atoms with Crippen molar-refractivity contribution in [1.29, 1.82) is 0 Å². The van der Waals surface area contributed by atoms with Gasteiger partial charge in [-0.2, -0.15) is 0 Å². The van der Waals surface area contributed by atoms with Gasteiger partial charge in [0.05, 0.1) is 17.0 Å². The molecule has 1 aromatic heterocycles. The molecule has 35 heavy (non-hydrogen) atoms. The number of hydrogen-bond donors (Lipinski definition) is 1. The summed E-state index contributed by atoms with van der Waals surface area (Å²) >= 11 is 0. The van der Waals surface area contributed by atoms with Crippen LogP contribution in [0.4, 0.5) is 0 Å². The fraction of sp³-hybridized carbons (Fsp3) is 0.250. The van der Waals surface area contributed by atoms with Crippen molar-refractivity contribution in [2.24, 2.45) is 0 Å². The minimum atomic E-state index is -4.01.